The van der Waals surface area contributed by atoms with E-state index in [0.29, 0.717) is 11.3 Å². The Balaban J connectivity index is 1.57. The highest BCUT2D eigenvalue weighted by Gasteiger charge is 2.37. The summed E-state index contributed by atoms with van der Waals surface area (Å²) in [5.74, 6) is -1.59. The quantitative estimate of drug-likeness (QED) is 0.116. The lowest BCUT2D eigenvalue weighted by atomic mass is 10.0. The number of amides is 2. The number of rotatable bonds is 5. The van der Waals surface area contributed by atoms with E-state index in [2.05, 4.69) is 21.2 Å². The highest BCUT2D eigenvalue weighted by Crippen LogP contribution is 2.38. The highest BCUT2D eigenvalue weighted by molar-refractivity contribution is 9.10. The molecule has 44 heavy (non-hydrogen) atoms. The van der Waals surface area contributed by atoms with Crippen molar-refractivity contribution >= 4 is 56.8 Å². The number of carbonyl (C=O) groups is 2. The molecule has 0 saturated carbocycles. The van der Waals surface area contributed by atoms with Crippen molar-refractivity contribution in [3.63, 3.8) is 0 Å². The van der Waals surface area contributed by atoms with E-state index < -0.39 is 23.6 Å². The van der Waals surface area contributed by atoms with Crippen LogP contribution < -0.4 is 10.2 Å². The van der Waals surface area contributed by atoms with E-state index in [4.69, 9.17) is 12.2 Å². The molecule has 1 aliphatic rings. The number of nitrogens with one attached hydrogen (secondary N) is 1. The van der Waals surface area contributed by atoms with E-state index in [0.717, 1.165) is 44.0 Å². The van der Waals surface area contributed by atoms with Crippen molar-refractivity contribution in [1.29, 1.82) is 0 Å². The molecular formula is C34H21BrF3N3O2S. The molecule has 4 aromatic carbocycles. The predicted molar refractivity (Wildman–Crippen MR) is 172 cm³/mol. The minimum atomic E-state index is -4.63. The van der Waals surface area contributed by atoms with Crippen molar-refractivity contribution in [3.8, 4) is 28.2 Å². The van der Waals surface area contributed by atoms with Crippen LogP contribution in [0.25, 0.3) is 34.3 Å². The molecule has 0 atom stereocenters. The average Bonchev–Trinajstić information content (AvgIpc) is 3.39. The Labute approximate surface area is 264 Å². The molecule has 2 heterocycles. The molecule has 1 saturated heterocycles. The van der Waals surface area contributed by atoms with E-state index in [1.807, 2.05) is 95.6 Å². The van der Waals surface area contributed by atoms with Gasteiger partial charge >= 0.3 is 6.18 Å². The maximum absolute atomic E-state index is 13.8. The first-order valence-corrected chi connectivity index (χ1v) is 14.5. The van der Waals surface area contributed by atoms with Crippen molar-refractivity contribution in [2.45, 2.75) is 6.18 Å². The minimum absolute atomic E-state index is 0.110. The van der Waals surface area contributed by atoms with Crippen LogP contribution in [0.3, 0.4) is 0 Å². The summed E-state index contributed by atoms with van der Waals surface area (Å²) >= 11 is 8.74. The summed E-state index contributed by atoms with van der Waals surface area (Å²) in [5.41, 5.74) is 3.27. The molecular weight excluding hydrogens is 651 g/mol. The number of anilines is 1. The summed E-state index contributed by atoms with van der Waals surface area (Å²) in [7, 11) is 0. The number of aromatic nitrogens is 1. The Hall–Kier alpha value is -4.80. The molecule has 0 radical (unpaired) electrons. The number of hydrogen-bond acceptors (Lipinski definition) is 3. The third-order valence-corrected chi connectivity index (χ3v) is 7.88. The fourth-order valence-corrected chi connectivity index (χ4v) is 5.63. The summed E-state index contributed by atoms with van der Waals surface area (Å²) in [6.45, 7) is 0. The Morgan fingerprint density at radius 2 is 1.39 bits per heavy atom. The van der Waals surface area contributed by atoms with Gasteiger partial charge in [0.15, 0.2) is 5.11 Å². The van der Waals surface area contributed by atoms with E-state index in [1.54, 1.807) is 0 Å². The SMILES string of the molecule is O=C1NC(=S)N(c2cccc(C(F)(F)F)c2)C(=O)/C1=C\c1cc(-c2ccccc2)n(-c2ccc(Br)cc2)c1-c1ccccc1. The number of halogens is 4. The van der Waals surface area contributed by atoms with Gasteiger partial charge in [0.1, 0.15) is 5.57 Å². The van der Waals surface area contributed by atoms with Crippen LogP contribution in [0.5, 0.6) is 0 Å². The van der Waals surface area contributed by atoms with Gasteiger partial charge < -0.3 is 4.57 Å². The molecule has 0 aliphatic carbocycles. The summed E-state index contributed by atoms with van der Waals surface area (Å²) in [5, 5.41) is 2.16. The van der Waals surface area contributed by atoms with Gasteiger partial charge in [0.25, 0.3) is 11.8 Å². The topological polar surface area (TPSA) is 54.3 Å². The fraction of sp³-hybridized carbons (Fsp3) is 0.0294. The van der Waals surface area contributed by atoms with E-state index in [9.17, 15) is 22.8 Å². The van der Waals surface area contributed by atoms with Gasteiger partial charge in [-0.1, -0.05) is 82.7 Å². The Morgan fingerprint density at radius 1 is 0.750 bits per heavy atom. The lowest BCUT2D eigenvalue weighted by Crippen LogP contribution is -2.54. The summed E-state index contributed by atoms with van der Waals surface area (Å²) in [4.78, 5) is 28.0. The molecule has 0 bridgehead atoms. The second-order valence-electron chi connectivity index (χ2n) is 9.88. The van der Waals surface area contributed by atoms with Crippen molar-refractivity contribution in [2.75, 3.05) is 4.90 Å². The van der Waals surface area contributed by atoms with Gasteiger partial charge in [0, 0.05) is 15.7 Å². The van der Waals surface area contributed by atoms with E-state index >= 15 is 0 Å². The molecule has 0 spiro atoms. The molecule has 10 heteroatoms. The molecule has 1 aromatic heterocycles. The third kappa shape index (κ3) is 5.61. The van der Waals surface area contributed by atoms with Gasteiger partial charge in [-0.05, 0) is 78.0 Å². The van der Waals surface area contributed by atoms with E-state index in [1.165, 1.54) is 18.2 Å². The van der Waals surface area contributed by atoms with Crippen LogP contribution in [-0.2, 0) is 15.8 Å². The van der Waals surface area contributed by atoms with Gasteiger partial charge in [0.05, 0.1) is 22.6 Å². The van der Waals surface area contributed by atoms with Crippen LogP contribution in [0.15, 0.2) is 125 Å². The van der Waals surface area contributed by atoms with Crippen LogP contribution in [0.1, 0.15) is 11.1 Å². The van der Waals surface area contributed by atoms with Crippen LogP contribution in [0.2, 0.25) is 0 Å². The molecule has 1 N–H and O–H groups in total. The summed E-state index contributed by atoms with van der Waals surface area (Å²) in [6, 6.07) is 33.1. The molecule has 1 fully saturated rings. The van der Waals surface area contributed by atoms with Gasteiger partial charge in [-0.2, -0.15) is 13.2 Å². The maximum Gasteiger partial charge on any atom is 0.416 e. The van der Waals surface area contributed by atoms with Crippen molar-refractivity contribution < 1.29 is 22.8 Å². The van der Waals surface area contributed by atoms with Crippen molar-refractivity contribution in [3.05, 3.63) is 136 Å². The molecule has 1 aliphatic heterocycles. The largest absolute Gasteiger partial charge is 0.416 e. The smallest absolute Gasteiger partial charge is 0.309 e. The highest BCUT2D eigenvalue weighted by atomic mass is 79.9. The van der Waals surface area contributed by atoms with E-state index in [-0.39, 0.29) is 16.4 Å². The third-order valence-electron chi connectivity index (χ3n) is 7.06. The lowest BCUT2D eigenvalue weighted by molar-refractivity contribution is -0.137. The van der Waals surface area contributed by atoms with Crippen LogP contribution in [0, 0.1) is 0 Å². The maximum atomic E-state index is 13.8. The normalized spacial score (nSPS) is 14.7. The number of thiocarbonyl (C=S) groups is 1. The molecule has 5 nitrogen and oxygen atoms in total. The number of carbonyl (C=O) groups excluding carboxylic acids is 2. The zero-order valence-electron chi connectivity index (χ0n) is 22.7. The molecule has 6 rings (SSSR count). The Bertz CT molecular complexity index is 1940. The minimum Gasteiger partial charge on any atom is -0.309 e. The van der Waals surface area contributed by atoms with Crippen molar-refractivity contribution in [2.24, 2.45) is 0 Å². The number of nitrogens with zero attached hydrogens (tertiary/aromatic N) is 2. The zero-order valence-corrected chi connectivity index (χ0v) is 25.1. The van der Waals surface area contributed by atoms with Crippen LogP contribution in [-0.4, -0.2) is 21.5 Å². The molecule has 0 unspecified atom stereocenters. The second kappa shape index (κ2) is 11.7. The summed E-state index contributed by atoms with van der Waals surface area (Å²) in [6.07, 6.45) is -3.17. The molecule has 2 amide bonds. The number of benzene rings is 4. The predicted octanol–water partition coefficient (Wildman–Crippen LogP) is 8.42. The second-order valence-corrected chi connectivity index (χ2v) is 11.2. The molecule has 218 valence electrons. The number of hydrogen-bond donors (Lipinski definition) is 1. The first kappa shape index (κ1) is 29.3. The first-order valence-electron chi connectivity index (χ1n) is 13.3. The van der Waals surface area contributed by atoms with Crippen molar-refractivity contribution in [1.82, 2.24) is 9.88 Å². The Kier molecular flexibility index (Phi) is 7.79. The van der Waals surface area contributed by atoms with Crippen LogP contribution in [0.4, 0.5) is 18.9 Å². The monoisotopic (exact) mass is 671 g/mol. The fourth-order valence-electron chi connectivity index (χ4n) is 5.08. The van der Waals surface area contributed by atoms with Crippen LogP contribution >= 0.6 is 28.1 Å². The summed E-state index contributed by atoms with van der Waals surface area (Å²) < 4.78 is 43.4. The van der Waals surface area contributed by atoms with Gasteiger partial charge in [0.2, 0.25) is 0 Å². The number of alkyl halides is 3. The lowest BCUT2D eigenvalue weighted by Gasteiger charge is -2.29. The van der Waals surface area contributed by atoms with Gasteiger partial charge in [-0.25, -0.2) is 0 Å². The average molecular weight is 673 g/mol. The molecule has 5 aromatic rings. The zero-order chi connectivity index (χ0) is 31.0. The first-order chi connectivity index (χ1) is 21.1. The Morgan fingerprint density at radius 3 is 2.02 bits per heavy atom. The standard InChI is InChI=1S/C34H21BrF3N3O2S/c35-25-14-16-26(17-15-25)40-29(21-8-3-1-4-9-21)19-23(30(40)22-10-5-2-6-11-22)18-28-31(42)39-33(44)41(32(28)43)27-13-7-12-24(20-27)34(36,37)38/h1-20H,(H,39,42,44)/b28-18-. The van der Waals surface area contributed by atoms with Gasteiger partial charge in [-0.15, -0.1) is 0 Å². The van der Waals surface area contributed by atoms with Gasteiger partial charge in [-0.3, -0.25) is 19.8 Å².